The van der Waals surface area contributed by atoms with Crippen molar-refractivity contribution in [1.82, 2.24) is 20.4 Å². The fourth-order valence-electron chi connectivity index (χ4n) is 1.63. The molecule has 3 N–H and O–H groups in total. The van der Waals surface area contributed by atoms with Crippen molar-refractivity contribution < 1.29 is 0 Å². The van der Waals surface area contributed by atoms with Crippen LogP contribution in [-0.4, -0.2) is 15.0 Å². The first-order chi connectivity index (χ1) is 8.13. The van der Waals surface area contributed by atoms with Gasteiger partial charge in [0.05, 0.1) is 11.7 Å². The van der Waals surface area contributed by atoms with Gasteiger partial charge in [0.25, 0.3) is 0 Å². The molecular weight excluding hydrogens is 350 g/mol. The molecule has 0 saturated heterocycles. The molecule has 2 rings (SSSR count). The van der Waals surface area contributed by atoms with Crippen LogP contribution >= 0.6 is 31.9 Å². The molecule has 0 saturated carbocycles. The zero-order chi connectivity index (χ0) is 12.4. The standard InChI is InChI=1S/C10H11Br2N5/c1-17-9(10(12)15-16-17)8(14-13)6-2-4-7(11)5-3-6/h2-5,8,14H,13H2,1H3. The minimum atomic E-state index is -0.155. The van der Waals surface area contributed by atoms with E-state index in [1.807, 2.05) is 31.3 Å². The Morgan fingerprint density at radius 3 is 2.41 bits per heavy atom. The number of hydrogen-bond donors (Lipinski definition) is 2. The van der Waals surface area contributed by atoms with Crippen LogP contribution in [-0.2, 0) is 7.05 Å². The number of aryl methyl sites for hydroxylation is 1. The summed E-state index contributed by atoms with van der Waals surface area (Å²) in [5.41, 5.74) is 4.70. The summed E-state index contributed by atoms with van der Waals surface area (Å²) in [6.07, 6.45) is 0. The molecule has 90 valence electrons. The number of nitrogens with two attached hydrogens (primary N) is 1. The van der Waals surface area contributed by atoms with E-state index in [1.54, 1.807) is 4.68 Å². The Bertz CT molecular complexity index is 488. The molecule has 0 amide bonds. The Kier molecular flexibility index (Phi) is 3.93. The average molecular weight is 361 g/mol. The third kappa shape index (κ3) is 2.57. The first kappa shape index (κ1) is 12.7. The van der Waals surface area contributed by atoms with Crippen molar-refractivity contribution >= 4 is 31.9 Å². The Morgan fingerprint density at radius 1 is 1.29 bits per heavy atom. The minimum absolute atomic E-state index is 0.155. The lowest BCUT2D eigenvalue weighted by molar-refractivity contribution is 0.569. The van der Waals surface area contributed by atoms with E-state index in [9.17, 15) is 0 Å². The molecule has 7 heteroatoms. The number of benzene rings is 1. The number of hydrazine groups is 1. The molecule has 5 nitrogen and oxygen atoms in total. The van der Waals surface area contributed by atoms with Gasteiger partial charge in [0.2, 0.25) is 0 Å². The number of nitrogens with zero attached hydrogens (tertiary/aromatic N) is 3. The summed E-state index contributed by atoms with van der Waals surface area (Å²) in [6.45, 7) is 0. The fraction of sp³-hybridized carbons (Fsp3) is 0.200. The van der Waals surface area contributed by atoms with Crippen LogP contribution in [0.1, 0.15) is 17.3 Å². The Morgan fingerprint density at radius 2 is 1.94 bits per heavy atom. The van der Waals surface area contributed by atoms with Gasteiger partial charge in [-0.1, -0.05) is 33.3 Å². The lowest BCUT2D eigenvalue weighted by Gasteiger charge is -2.16. The molecule has 0 radical (unpaired) electrons. The summed E-state index contributed by atoms with van der Waals surface area (Å²) >= 11 is 6.77. The second kappa shape index (κ2) is 5.26. The van der Waals surface area contributed by atoms with E-state index >= 15 is 0 Å². The molecule has 1 heterocycles. The molecule has 1 unspecified atom stereocenters. The summed E-state index contributed by atoms with van der Waals surface area (Å²) in [7, 11) is 1.83. The minimum Gasteiger partial charge on any atom is -0.271 e. The topological polar surface area (TPSA) is 68.8 Å². The van der Waals surface area contributed by atoms with E-state index in [4.69, 9.17) is 5.84 Å². The molecule has 0 aliphatic rings. The average Bonchev–Trinajstić information content (AvgIpc) is 2.64. The molecule has 2 aromatic rings. The largest absolute Gasteiger partial charge is 0.271 e. The second-order valence-corrected chi connectivity index (χ2v) is 5.21. The zero-order valence-corrected chi connectivity index (χ0v) is 12.2. The molecule has 1 aromatic heterocycles. The summed E-state index contributed by atoms with van der Waals surface area (Å²) in [6, 6.07) is 7.77. The van der Waals surface area contributed by atoms with Crippen LogP contribution in [0.15, 0.2) is 33.3 Å². The quantitative estimate of drug-likeness (QED) is 0.647. The van der Waals surface area contributed by atoms with E-state index in [1.165, 1.54) is 0 Å². The summed E-state index contributed by atoms with van der Waals surface area (Å²) < 4.78 is 3.40. The number of nitrogens with one attached hydrogen (secondary N) is 1. The molecule has 0 fully saturated rings. The molecule has 1 aromatic carbocycles. The van der Waals surface area contributed by atoms with Crippen molar-refractivity contribution in [2.45, 2.75) is 6.04 Å². The van der Waals surface area contributed by atoms with Gasteiger partial charge in [-0.3, -0.25) is 5.84 Å². The third-order valence-electron chi connectivity index (χ3n) is 2.47. The van der Waals surface area contributed by atoms with E-state index in [0.717, 1.165) is 15.7 Å². The second-order valence-electron chi connectivity index (χ2n) is 3.54. The molecule has 0 aliphatic heterocycles. The first-order valence-corrected chi connectivity index (χ1v) is 6.48. The molecule has 0 aliphatic carbocycles. The molecular formula is C10H11Br2N5. The lowest BCUT2D eigenvalue weighted by atomic mass is 10.1. The smallest absolute Gasteiger partial charge is 0.153 e. The van der Waals surface area contributed by atoms with Crippen LogP contribution in [0.5, 0.6) is 0 Å². The monoisotopic (exact) mass is 359 g/mol. The van der Waals surface area contributed by atoms with Crippen molar-refractivity contribution in [3.05, 3.63) is 44.6 Å². The van der Waals surface area contributed by atoms with Crippen LogP contribution in [0.2, 0.25) is 0 Å². The predicted molar refractivity (Wildman–Crippen MR) is 72.0 cm³/mol. The molecule has 0 spiro atoms. The van der Waals surface area contributed by atoms with Crippen molar-refractivity contribution in [1.29, 1.82) is 0 Å². The molecule has 17 heavy (non-hydrogen) atoms. The lowest BCUT2D eigenvalue weighted by Crippen LogP contribution is -2.30. The fourth-order valence-corrected chi connectivity index (χ4v) is 2.45. The Balaban J connectivity index is 2.43. The highest BCUT2D eigenvalue weighted by atomic mass is 79.9. The summed E-state index contributed by atoms with van der Waals surface area (Å²) in [5, 5.41) is 7.90. The van der Waals surface area contributed by atoms with Crippen LogP contribution in [0.3, 0.4) is 0 Å². The summed E-state index contributed by atoms with van der Waals surface area (Å²) in [4.78, 5) is 0. The van der Waals surface area contributed by atoms with Crippen molar-refractivity contribution in [3.63, 3.8) is 0 Å². The van der Waals surface area contributed by atoms with Gasteiger partial charge in [-0.15, -0.1) is 5.10 Å². The predicted octanol–water partition coefficient (Wildman–Crippen LogP) is 1.89. The molecule has 0 bridgehead atoms. The zero-order valence-electron chi connectivity index (χ0n) is 9.06. The SMILES string of the molecule is Cn1nnc(Br)c1C(NN)c1ccc(Br)cc1. The van der Waals surface area contributed by atoms with Crippen molar-refractivity contribution in [2.75, 3.05) is 0 Å². The molecule has 1 atom stereocenters. The van der Waals surface area contributed by atoms with Crippen LogP contribution < -0.4 is 11.3 Å². The number of halogens is 2. The number of aromatic nitrogens is 3. The van der Waals surface area contributed by atoms with Gasteiger partial charge in [0.15, 0.2) is 4.60 Å². The normalized spacial score (nSPS) is 12.7. The van der Waals surface area contributed by atoms with E-state index in [-0.39, 0.29) is 6.04 Å². The highest BCUT2D eigenvalue weighted by molar-refractivity contribution is 9.10. The maximum Gasteiger partial charge on any atom is 0.153 e. The highest BCUT2D eigenvalue weighted by Crippen LogP contribution is 2.26. The Hall–Kier alpha value is -0.760. The van der Waals surface area contributed by atoms with Gasteiger partial charge >= 0.3 is 0 Å². The van der Waals surface area contributed by atoms with Gasteiger partial charge in [0.1, 0.15) is 0 Å². The van der Waals surface area contributed by atoms with Crippen LogP contribution in [0.4, 0.5) is 0 Å². The van der Waals surface area contributed by atoms with Gasteiger partial charge in [-0.05, 0) is 33.6 Å². The van der Waals surface area contributed by atoms with Crippen molar-refractivity contribution in [3.8, 4) is 0 Å². The van der Waals surface area contributed by atoms with E-state index < -0.39 is 0 Å². The van der Waals surface area contributed by atoms with Crippen LogP contribution in [0, 0.1) is 0 Å². The van der Waals surface area contributed by atoms with Gasteiger partial charge in [0, 0.05) is 11.5 Å². The van der Waals surface area contributed by atoms with Gasteiger partial charge < -0.3 is 0 Å². The third-order valence-corrected chi connectivity index (χ3v) is 3.56. The maximum absolute atomic E-state index is 5.62. The van der Waals surface area contributed by atoms with E-state index in [0.29, 0.717) is 4.60 Å². The first-order valence-electron chi connectivity index (χ1n) is 4.90. The van der Waals surface area contributed by atoms with Crippen molar-refractivity contribution in [2.24, 2.45) is 12.9 Å². The van der Waals surface area contributed by atoms with Crippen LogP contribution in [0.25, 0.3) is 0 Å². The Labute approximate surface area is 116 Å². The summed E-state index contributed by atoms with van der Waals surface area (Å²) in [5.74, 6) is 5.62. The maximum atomic E-state index is 5.62. The van der Waals surface area contributed by atoms with Gasteiger partial charge in [-0.2, -0.15) is 0 Å². The van der Waals surface area contributed by atoms with Gasteiger partial charge in [-0.25, -0.2) is 10.1 Å². The van der Waals surface area contributed by atoms with E-state index in [2.05, 4.69) is 47.6 Å². The highest BCUT2D eigenvalue weighted by Gasteiger charge is 2.20. The number of rotatable bonds is 3. The number of hydrogen-bond acceptors (Lipinski definition) is 4.